The molecular formula is C19H29N3O3. The number of carbonyl (C=O) groups is 2. The van der Waals surface area contributed by atoms with E-state index >= 15 is 0 Å². The Bertz CT molecular complexity index is 562. The van der Waals surface area contributed by atoms with Crippen LogP contribution in [0.4, 0.5) is 0 Å². The smallest absolute Gasteiger partial charge is 0.242 e. The van der Waals surface area contributed by atoms with E-state index in [0.717, 1.165) is 51.4 Å². The first-order valence-electron chi connectivity index (χ1n) is 10.1. The molecule has 2 amide bonds. The van der Waals surface area contributed by atoms with Crippen molar-refractivity contribution < 1.29 is 14.3 Å². The van der Waals surface area contributed by atoms with Gasteiger partial charge in [0.2, 0.25) is 11.8 Å². The van der Waals surface area contributed by atoms with Crippen molar-refractivity contribution >= 4 is 11.8 Å². The molecule has 1 spiro atoms. The second-order valence-electron chi connectivity index (χ2n) is 8.88. The Morgan fingerprint density at radius 1 is 0.920 bits per heavy atom. The standard InChI is InChI=1S/C19H29N3O3/c23-17(15-3-1-4-15)22-12-19(13-22)11-21(9-14-5-6-14)16(10-25-19)18(24)20-7-2-8-20/h14-16H,1-13H2/t16-/m0/s1. The fourth-order valence-corrected chi connectivity index (χ4v) is 4.60. The molecule has 0 unspecified atom stereocenters. The molecule has 3 aliphatic heterocycles. The van der Waals surface area contributed by atoms with Gasteiger partial charge in [-0.25, -0.2) is 0 Å². The molecule has 6 heteroatoms. The summed E-state index contributed by atoms with van der Waals surface area (Å²) in [7, 11) is 0. The van der Waals surface area contributed by atoms with E-state index in [1.807, 2.05) is 9.80 Å². The Hall–Kier alpha value is -1.14. The SMILES string of the molecule is O=C(C1CCC1)N1CC2(C1)CN(CC1CC1)[C@H](C(=O)N1CCC1)CO2. The third-order valence-electron chi connectivity index (χ3n) is 6.85. The van der Waals surface area contributed by atoms with Gasteiger partial charge in [-0.15, -0.1) is 0 Å². The van der Waals surface area contributed by atoms with Crippen molar-refractivity contribution in [3.05, 3.63) is 0 Å². The predicted octanol–water partition coefficient (Wildman–Crippen LogP) is 0.711. The number of nitrogens with zero attached hydrogens (tertiary/aromatic N) is 3. The summed E-state index contributed by atoms with van der Waals surface area (Å²) < 4.78 is 6.21. The van der Waals surface area contributed by atoms with Gasteiger partial charge in [-0.1, -0.05) is 6.42 Å². The van der Waals surface area contributed by atoms with Crippen molar-refractivity contribution in [3.63, 3.8) is 0 Å². The molecule has 0 aromatic carbocycles. The molecule has 6 nitrogen and oxygen atoms in total. The van der Waals surface area contributed by atoms with Gasteiger partial charge in [-0.3, -0.25) is 14.5 Å². The third-order valence-corrected chi connectivity index (χ3v) is 6.85. The summed E-state index contributed by atoms with van der Waals surface area (Å²) in [5.41, 5.74) is -0.222. The van der Waals surface area contributed by atoms with Crippen LogP contribution in [0.1, 0.15) is 38.5 Å². The number of ether oxygens (including phenoxy) is 1. The highest BCUT2D eigenvalue weighted by Gasteiger charge is 2.53. The first kappa shape index (κ1) is 16.1. The van der Waals surface area contributed by atoms with Gasteiger partial charge in [0.15, 0.2) is 0 Å². The Morgan fingerprint density at radius 3 is 2.24 bits per heavy atom. The molecule has 3 heterocycles. The van der Waals surface area contributed by atoms with Crippen molar-refractivity contribution in [2.45, 2.75) is 50.2 Å². The number of rotatable bonds is 4. The van der Waals surface area contributed by atoms with Gasteiger partial charge in [0.1, 0.15) is 11.6 Å². The van der Waals surface area contributed by atoms with E-state index in [1.165, 1.54) is 19.3 Å². The van der Waals surface area contributed by atoms with Crippen molar-refractivity contribution in [2.24, 2.45) is 11.8 Å². The highest BCUT2D eigenvalue weighted by Crippen LogP contribution is 2.38. The highest BCUT2D eigenvalue weighted by atomic mass is 16.5. The average Bonchev–Trinajstić information content (AvgIpc) is 3.24. The minimum atomic E-state index is -0.222. The minimum Gasteiger partial charge on any atom is -0.368 e. The lowest BCUT2D eigenvalue weighted by atomic mass is 9.81. The zero-order valence-corrected chi connectivity index (χ0v) is 15.0. The van der Waals surface area contributed by atoms with Gasteiger partial charge in [-0.2, -0.15) is 0 Å². The number of carbonyl (C=O) groups excluding carboxylic acids is 2. The lowest BCUT2D eigenvalue weighted by Crippen LogP contribution is -2.74. The van der Waals surface area contributed by atoms with Crippen molar-refractivity contribution in [3.8, 4) is 0 Å². The molecule has 0 N–H and O–H groups in total. The predicted molar refractivity (Wildman–Crippen MR) is 91.9 cm³/mol. The van der Waals surface area contributed by atoms with Crippen molar-refractivity contribution in [1.82, 2.24) is 14.7 Å². The summed E-state index contributed by atoms with van der Waals surface area (Å²) in [5, 5.41) is 0. The number of amides is 2. The Labute approximate surface area is 149 Å². The normalized spacial score (nSPS) is 32.1. The zero-order valence-electron chi connectivity index (χ0n) is 15.0. The van der Waals surface area contributed by atoms with E-state index in [9.17, 15) is 9.59 Å². The summed E-state index contributed by atoms with van der Waals surface area (Å²) in [6.07, 6.45) is 7.03. The van der Waals surface area contributed by atoms with Crippen LogP contribution in [-0.2, 0) is 14.3 Å². The molecule has 1 atom stereocenters. The van der Waals surface area contributed by atoms with Crippen LogP contribution in [0.3, 0.4) is 0 Å². The van der Waals surface area contributed by atoms with Gasteiger partial charge < -0.3 is 14.5 Å². The summed E-state index contributed by atoms with van der Waals surface area (Å²) in [4.78, 5) is 31.5. The molecule has 5 fully saturated rings. The van der Waals surface area contributed by atoms with Crippen LogP contribution in [0.15, 0.2) is 0 Å². The molecule has 5 aliphatic rings. The van der Waals surface area contributed by atoms with Gasteiger partial charge >= 0.3 is 0 Å². The Kier molecular flexibility index (Phi) is 3.82. The average molecular weight is 347 g/mol. The van der Waals surface area contributed by atoms with Crippen LogP contribution in [0.25, 0.3) is 0 Å². The van der Waals surface area contributed by atoms with Gasteiger partial charge in [0.05, 0.1) is 19.7 Å². The first-order chi connectivity index (χ1) is 12.1. The third kappa shape index (κ3) is 2.87. The second-order valence-corrected chi connectivity index (χ2v) is 8.88. The molecule has 0 radical (unpaired) electrons. The van der Waals surface area contributed by atoms with Crippen LogP contribution < -0.4 is 0 Å². The topological polar surface area (TPSA) is 53.1 Å². The van der Waals surface area contributed by atoms with E-state index in [-0.39, 0.29) is 23.5 Å². The largest absolute Gasteiger partial charge is 0.368 e. The highest BCUT2D eigenvalue weighted by molar-refractivity contribution is 5.83. The summed E-state index contributed by atoms with van der Waals surface area (Å²) in [5.74, 6) is 1.61. The van der Waals surface area contributed by atoms with Crippen LogP contribution in [0, 0.1) is 11.8 Å². The number of hydrogen-bond acceptors (Lipinski definition) is 4. The molecule has 0 aromatic rings. The van der Waals surface area contributed by atoms with E-state index in [2.05, 4.69) is 4.90 Å². The van der Waals surface area contributed by atoms with Gasteiger partial charge in [0.25, 0.3) is 0 Å². The maximum Gasteiger partial charge on any atom is 0.242 e. The zero-order chi connectivity index (χ0) is 17.0. The van der Waals surface area contributed by atoms with E-state index in [0.29, 0.717) is 25.6 Å². The van der Waals surface area contributed by atoms with Crippen LogP contribution >= 0.6 is 0 Å². The lowest BCUT2D eigenvalue weighted by molar-refractivity contribution is -0.210. The number of hydrogen-bond donors (Lipinski definition) is 0. The van der Waals surface area contributed by atoms with Crippen LogP contribution in [0.2, 0.25) is 0 Å². The van der Waals surface area contributed by atoms with Crippen LogP contribution in [0.5, 0.6) is 0 Å². The maximum atomic E-state index is 12.8. The molecule has 0 aromatic heterocycles. The quantitative estimate of drug-likeness (QED) is 0.752. The molecule has 138 valence electrons. The summed E-state index contributed by atoms with van der Waals surface area (Å²) in [6, 6.07) is -0.108. The molecule has 25 heavy (non-hydrogen) atoms. The molecule has 0 bridgehead atoms. The van der Waals surface area contributed by atoms with Gasteiger partial charge in [-0.05, 0) is 38.0 Å². The molecular weight excluding hydrogens is 318 g/mol. The first-order valence-corrected chi connectivity index (χ1v) is 10.1. The fourth-order valence-electron chi connectivity index (χ4n) is 4.60. The molecule has 3 saturated heterocycles. The minimum absolute atomic E-state index is 0.108. The fraction of sp³-hybridized carbons (Fsp3) is 0.895. The maximum absolute atomic E-state index is 12.8. The summed E-state index contributed by atoms with van der Waals surface area (Å²) >= 11 is 0. The monoisotopic (exact) mass is 347 g/mol. The summed E-state index contributed by atoms with van der Waals surface area (Å²) in [6.45, 7) is 5.56. The number of likely N-dealkylation sites (tertiary alicyclic amines) is 2. The van der Waals surface area contributed by atoms with Crippen molar-refractivity contribution in [2.75, 3.05) is 45.9 Å². The van der Waals surface area contributed by atoms with E-state index in [4.69, 9.17) is 4.74 Å². The van der Waals surface area contributed by atoms with Crippen LogP contribution in [-0.4, -0.2) is 84.0 Å². The molecule has 2 saturated carbocycles. The van der Waals surface area contributed by atoms with Crippen molar-refractivity contribution in [1.29, 1.82) is 0 Å². The Balaban J connectivity index is 1.22. The number of morpholine rings is 1. The Morgan fingerprint density at radius 2 is 1.68 bits per heavy atom. The van der Waals surface area contributed by atoms with E-state index < -0.39 is 0 Å². The lowest BCUT2D eigenvalue weighted by Gasteiger charge is -2.56. The molecule has 2 aliphatic carbocycles. The molecule has 5 rings (SSSR count). The second kappa shape index (κ2) is 5.95. The van der Waals surface area contributed by atoms with Gasteiger partial charge in [0, 0.05) is 32.1 Å². The van der Waals surface area contributed by atoms with E-state index in [1.54, 1.807) is 0 Å².